The van der Waals surface area contributed by atoms with Crippen molar-refractivity contribution in [3.63, 3.8) is 0 Å². The minimum absolute atomic E-state index is 0.0198. The van der Waals surface area contributed by atoms with Crippen molar-refractivity contribution in [3.05, 3.63) is 33.3 Å². The standard InChI is InChI=1S/C13H17ClN2O3/c1-9(10-4-6-19-7-5-10)15-12-3-2-11(14)8-13(12)16(17)18/h2-3,8-10,15H,4-7H2,1H3. The third-order valence-corrected chi connectivity index (χ3v) is 3.75. The van der Waals surface area contributed by atoms with Gasteiger partial charge < -0.3 is 10.1 Å². The van der Waals surface area contributed by atoms with Crippen LogP contribution in [0.4, 0.5) is 11.4 Å². The van der Waals surface area contributed by atoms with E-state index in [-0.39, 0.29) is 11.7 Å². The molecule has 104 valence electrons. The maximum atomic E-state index is 11.0. The molecule has 0 bridgehead atoms. The van der Waals surface area contributed by atoms with Crippen molar-refractivity contribution in [1.29, 1.82) is 0 Å². The summed E-state index contributed by atoms with van der Waals surface area (Å²) in [4.78, 5) is 10.6. The zero-order chi connectivity index (χ0) is 13.8. The highest BCUT2D eigenvalue weighted by molar-refractivity contribution is 6.30. The Hall–Kier alpha value is -1.33. The lowest BCUT2D eigenvalue weighted by atomic mass is 9.93. The monoisotopic (exact) mass is 284 g/mol. The first kappa shape index (κ1) is 14.1. The van der Waals surface area contributed by atoms with Gasteiger partial charge in [0.25, 0.3) is 5.69 Å². The molecular weight excluding hydrogens is 268 g/mol. The lowest BCUT2D eigenvalue weighted by Crippen LogP contribution is -2.31. The molecule has 1 aromatic carbocycles. The van der Waals surface area contributed by atoms with E-state index in [1.54, 1.807) is 12.1 Å². The Balaban J connectivity index is 2.11. The highest BCUT2D eigenvalue weighted by atomic mass is 35.5. The Morgan fingerprint density at radius 1 is 1.47 bits per heavy atom. The van der Waals surface area contributed by atoms with Gasteiger partial charge in [-0.2, -0.15) is 0 Å². The molecule has 19 heavy (non-hydrogen) atoms. The van der Waals surface area contributed by atoms with Gasteiger partial charge in [0, 0.05) is 30.3 Å². The van der Waals surface area contributed by atoms with Crippen LogP contribution in [0.2, 0.25) is 5.02 Å². The lowest BCUT2D eigenvalue weighted by molar-refractivity contribution is -0.384. The minimum atomic E-state index is -0.412. The van der Waals surface area contributed by atoms with Crippen LogP contribution < -0.4 is 5.32 Å². The summed E-state index contributed by atoms with van der Waals surface area (Å²) in [6.07, 6.45) is 1.96. The van der Waals surface area contributed by atoms with Crippen LogP contribution in [0.1, 0.15) is 19.8 Å². The summed E-state index contributed by atoms with van der Waals surface area (Å²) >= 11 is 5.80. The van der Waals surface area contributed by atoms with E-state index in [1.807, 2.05) is 6.92 Å². The second-order valence-corrected chi connectivity index (χ2v) is 5.24. The van der Waals surface area contributed by atoms with Gasteiger partial charge in [-0.1, -0.05) is 11.6 Å². The average molecular weight is 285 g/mol. The Morgan fingerprint density at radius 2 is 2.16 bits per heavy atom. The van der Waals surface area contributed by atoms with Crippen LogP contribution in [0.15, 0.2) is 18.2 Å². The summed E-state index contributed by atoms with van der Waals surface area (Å²) in [5.41, 5.74) is 0.541. The second kappa shape index (κ2) is 6.21. The third-order valence-electron chi connectivity index (χ3n) is 3.51. The number of halogens is 1. The van der Waals surface area contributed by atoms with Crippen molar-refractivity contribution in [1.82, 2.24) is 0 Å². The normalized spacial score (nSPS) is 18.0. The fourth-order valence-electron chi connectivity index (χ4n) is 2.36. The zero-order valence-electron chi connectivity index (χ0n) is 10.8. The fourth-order valence-corrected chi connectivity index (χ4v) is 2.52. The van der Waals surface area contributed by atoms with Crippen LogP contribution in [-0.2, 0) is 4.74 Å². The van der Waals surface area contributed by atoms with E-state index in [1.165, 1.54) is 6.07 Å². The van der Waals surface area contributed by atoms with Gasteiger partial charge >= 0.3 is 0 Å². The largest absolute Gasteiger partial charge is 0.381 e. The molecule has 5 nitrogen and oxygen atoms in total. The summed E-state index contributed by atoms with van der Waals surface area (Å²) in [7, 11) is 0. The molecule has 1 aliphatic heterocycles. The van der Waals surface area contributed by atoms with Crippen LogP contribution in [0.5, 0.6) is 0 Å². The van der Waals surface area contributed by atoms with Gasteiger partial charge in [-0.05, 0) is 37.8 Å². The van der Waals surface area contributed by atoms with E-state index in [0.717, 1.165) is 26.1 Å². The molecule has 0 radical (unpaired) electrons. The molecule has 0 aliphatic carbocycles. The van der Waals surface area contributed by atoms with E-state index in [4.69, 9.17) is 16.3 Å². The first-order chi connectivity index (χ1) is 9.08. The van der Waals surface area contributed by atoms with Gasteiger partial charge in [0.1, 0.15) is 5.69 Å². The van der Waals surface area contributed by atoms with Crippen molar-refractivity contribution in [2.75, 3.05) is 18.5 Å². The van der Waals surface area contributed by atoms with Gasteiger partial charge in [-0.15, -0.1) is 0 Å². The average Bonchev–Trinajstić information content (AvgIpc) is 2.41. The van der Waals surface area contributed by atoms with Crippen LogP contribution in [0.25, 0.3) is 0 Å². The Morgan fingerprint density at radius 3 is 2.79 bits per heavy atom. The number of hydrogen-bond acceptors (Lipinski definition) is 4. The Bertz CT molecular complexity index is 461. The number of nitrogens with one attached hydrogen (secondary N) is 1. The third kappa shape index (κ3) is 3.58. The van der Waals surface area contributed by atoms with Crippen LogP contribution in [-0.4, -0.2) is 24.2 Å². The van der Waals surface area contributed by atoms with Crippen molar-refractivity contribution in [3.8, 4) is 0 Å². The molecule has 1 heterocycles. The summed E-state index contributed by atoms with van der Waals surface area (Å²) in [6, 6.07) is 4.87. The quantitative estimate of drug-likeness (QED) is 0.679. The van der Waals surface area contributed by atoms with E-state index in [2.05, 4.69) is 5.32 Å². The molecule has 0 spiro atoms. The van der Waals surface area contributed by atoms with E-state index >= 15 is 0 Å². The van der Waals surface area contributed by atoms with Gasteiger partial charge in [-0.3, -0.25) is 10.1 Å². The first-order valence-electron chi connectivity index (χ1n) is 6.36. The smallest absolute Gasteiger partial charge is 0.293 e. The SMILES string of the molecule is CC(Nc1ccc(Cl)cc1[N+](=O)[O-])C1CCOCC1. The molecule has 1 aliphatic rings. The number of nitrogens with zero attached hydrogens (tertiary/aromatic N) is 1. The lowest BCUT2D eigenvalue weighted by Gasteiger charge is -2.28. The molecule has 2 rings (SSSR count). The van der Waals surface area contributed by atoms with Crippen LogP contribution in [0, 0.1) is 16.0 Å². The molecule has 0 saturated carbocycles. The van der Waals surface area contributed by atoms with Crippen LogP contribution in [0.3, 0.4) is 0 Å². The topological polar surface area (TPSA) is 64.4 Å². The fraction of sp³-hybridized carbons (Fsp3) is 0.538. The minimum Gasteiger partial charge on any atom is -0.381 e. The molecule has 1 fully saturated rings. The molecule has 0 aromatic heterocycles. The summed E-state index contributed by atoms with van der Waals surface area (Å²) in [5, 5.41) is 14.6. The summed E-state index contributed by atoms with van der Waals surface area (Å²) in [6.45, 7) is 3.58. The molecule has 6 heteroatoms. The number of nitro groups is 1. The molecular formula is C13H17ClN2O3. The Kier molecular flexibility index (Phi) is 4.61. The molecule has 1 atom stereocenters. The van der Waals surface area contributed by atoms with E-state index < -0.39 is 4.92 Å². The van der Waals surface area contributed by atoms with E-state index in [9.17, 15) is 10.1 Å². The van der Waals surface area contributed by atoms with Gasteiger partial charge in [0.05, 0.1) is 4.92 Å². The summed E-state index contributed by atoms with van der Waals surface area (Å²) in [5.74, 6) is 0.476. The second-order valence-electron chi connectivity index (χ2n) is 4.80. The predicted molar refractivity (Wildman–Crippen MR) is 74.7 cm³/mol. The summed E-state index contributed by atoms with van der Waals surface area (Å²) < 4.78 is 5.32. The van der Waals surface area contributed by atoms with Gasteiger partial charge in [0.2, 0.25) is 0 Å². The highest BCUT2D eigenvalue weighted by Gasteiger charge is 2.23. The van der Waals surface area contributed by atoms with Crippen molar-refractivity contribution >= 4 is 23.0 Å². The van der Waals surface area contributed by atoms with Crippen LogP contribution >= 0.6 is 11.6 Å². The van der Waals surface area contributed by atoms with Crippen molar-refractivity contribution < 1.29 is 9.66 Å². The number of rotatable bonds is 4. The number of hydrogen-bond donors (Lipinski definition) is 1. The number of nitro benzene ring substituents is 1. The maximum absolute atomic E-state index is 11.0. The van der Waals surface area contributed by atoms with E-state index in [0.29, 0.717) is 16.6 Å². The van der Waals surface area contributed by atoms with Gasteiger partial charge in [0.15, 0.2) is 0 Å². The number of anilines is 1. The zero-order valence-corrected chi connectivity index (χ0v) is 11.5. The highest BCUT2D eigenvalue weighted by Crippen LogP contribution is 2.30. The molecule has 1 aromatic rings. The Labute approximate surface area is 117 Å². The number of ether oxygens (including phenoxy) is 1. The van der Waals surface area contributed by atoms with Crippen molar-refractivity contribution in [2.24, 2.45) is 5.92 Å². The number of benzene rings is 1. The molecule has 1 saturated heterocycles. The maximum Gasteiger partial charge on any atom is 0.293 e. The van der Waals surface area contributed by atoms with Gasteiger partial charge in [-0.25, -0.2) is 0 Å². The van der Waals surface area contributed by atoms with Crippen molar-refractivity contribution in [2.45, 2.75) is 25.8 Å². The molecule has 1 N–H and O–H groups in total. The first-order valence-corrected chi connectivity index (χ1v) is 6.74. The molecule has 0 amide bonds. The molecule has 1 unspecified atom stereocenters. The predicted octanol–water partition coefficient (Wildman–Crippen LogP) is 3.48.